The van der Waals surface area contributed by atoms with Crippen LogP contribution in [0.25, 0.3) is 0 Å². The molecule has 2 aliphatic rings. The average molecular weight is 437 g/mol. The van der Waals surface area contributed by atoms with Crippen LogP contribution in [0.4, 0.5) is 0 Å². The Kier molecular flexibility index (Phi) is 10.5. The molecule has 1 saturated heterocycles. The van der Waals surface area contributed by atoms with Gasteiger partial charge in [0, 0.05) is 45.3 Å². The number of halogens is 1. The molecule has 0 bridgehead atoms. The SMILES string of the molecule is CN=C(NCCN1CCCCC1)NCCN(C(C)C)C1CC1.I. The van der Waals surface area contributed by atoms with Crippen LogP contribution in [0.15, 0.2) is 4.99 Å². The summed E-state index contributed by atoms with van der Waals surface area (Å²) in [5.41, 5.74) is 0. The van der Waals surface area contributed by atoms with Crippen LogP contribution in [0.2, 0.25) is 0 Å². The van der Waals surface area contributed by atoms with E-state index in [1.165, 1.54) is 45.2 Å². The van der Waals surface area contributed by atoms with Gasteiger partial charge in [-0.3, -0.25) is 9.89 Å². The minimum Gasteiger partial charge on any atom is -0.355 e. The van der Waals surface area contributed by atoms with Gasteiger partial charge in [-0.2, -0.15) is 0 Å². The maximum atomic E-state index is 4.33. The Morgan fingerprint density at radius 3 is 2.35 bits per heavy atom. The van der Waals surface area contributed by atoms with Crippen LogP contribution in [-0.2, 0) is 0 Å². The maximum Gasteiger partial charge on any atom is 0.191 e. The largest absolute Gasteiger partial charge is 0.355 e. The first-order valence-corrected chi connectivity index (χ1v) is 9.13. The summed E-state index contributed by atoms with van der Waals surface area (Å²) in [4.78, 5) is 9.49. The van der Waals surface area contributed by atoms with E-state index in [4.69, 9.17) is 0 Å². The molecule has 0 unspecified atom stereocenters. The number of hydrogen-bond donors (Lipinski definition) is 2. The quantitative estimate of drug-likeness (QED) is 0.347. The molecule has 6 heteroatoms. The van der Waals surface area contributed by atoms with E-state index in [9.17, 15) is 0 Å². The van der Waals surface area contributed by atoms with Gasteiger partial charge in [0.2, 0.25) is 0 Å². The van der Waals surface area contributed by atoms with Crippen LogP contribution >= 0.6 is 24.0 Å². The molecular formula is C17H36IN5. The smallest absolute Gasteiger partial charge is 0.191 e. The standard InChI is InChI=1S/C17H35N5.HI/c1-15(2)22(16-7-8-16)14-10-20-17(18-3)19-9-13-21-11-5-4-6-12-21;/h15-16H,4-14H2,1-3H3,(H2,18,19,20);1H. The van der Waals surface area contributed by atoms with Crippen molar-refractivity contribution in [3.8, 4) is 0 Å². The highest BCUT2D eigenvalue weighted by Gasteiger charge is 2.30. The summed E-state index contributed by atoms with van der Waals surface area (Å²) in [5, 5.41) is 6.90. The van der Waals surface area contributed by atoms with Gasteiger partial charge in [0.25, 0.3) is 0 Å². The Hall–Kier alpha value is -0.0800. The number of rotatable bonds is 8. The lowest BCUT2D eigenvalue weighted by atomic mass is 10.1. The van der Waals surface area contributed by atoms with Gasteiger partial charge in [-0.25, -0.2) is 0 Å². The van der Waals surface area contributed by atoms with Gasteiger partial charge in [0.05, 0.1) is 0 Å². The topological polar surface area (TPSA) is 42.9 Å². The molecule has 1 aliphatic carbocycles. The fourth-order valence-electron chi connectivity index (χ4n) is 3.31. The van der Waals surface area contributed by atoms with Gasteiger partial charge >= 0.3 is 0 Å². The van der Waals surface area contributed by atoms with Crippen molar-refractivity contribution in [1.82, 2.24) is 20.4 Å². The number of piperidine rings is 1. The first kappa shape index (κ1) is 21.0. The Balaban J connectivity index is 0.00000264. The number of nitrogens with zero attached hydrogens (tertiary/aromatic N) is 3. The van der Waals surface area contributed by atoms with E-state index in [1.54, 1.807) is 0 Å². The molecule has 1 aliphatic heterocycles. The van der Waals surface area contributed by atoms with Gasteiger partial charge in [0.1, 0.15) is 0 Å². The monoisotopic (exact) mass is 437 g/mol. The summed E-state index contributed by atoms with van der Waals surface area (Å²) in [6, 6.07) is 1.47. The van der Waals surface area contributed by atoms with Crippen molar-refractivity contribution in [1.29, 1.82) is 0 Å². The predicted molar refractivity (Wildman–Crippen MR) is 110 cm³/mol. The van der Waals surface area contributed by atoms with E-state index >= 15 is 0 Å². The molecule has 0 radical (unpaired) electrons. The highest BCUT2D eigenvalue weighted by molar-refractivity contribution is 14.0. The second-order valence-corrected chi connectivity index (χ2v) is 6.89. The number of guanidine groups is 1. The van der Waals surface area contributed by atoms with E-state index in [0.29, 0.717) is 6.04 Å². The molecule has 0 spiro atoms. The van der Waals surface area contributed by atoms with Crippen LogP contribution in [0.3, 0.4) is 0 Å². The Morgan fingerprint density at radius 1 is 1.13 bits per heavy atom. The van der Waals surface area contributed by atoms with Crippen molar-refractivity contribution >= 4 is 29.9 Å². The normalized spacial score (nSPS) is 19.8. The second kappa shape index (κ2) is 11.5. The van der Waals surface area contributed by atoms with Crippen LogP contribution in [-0.4, -0.2) is 74.2 Å². The van der Waals surface area contributed by atoms with Crippen molar-refractivity contribution in [2.45, 2.75) is 58.0 Å². The van der Waals surface area contributed by atoms with Gasteiger partial charge < -0.3 is 15.5 Å². The summed E-state index contributed by atoms with van der Waals surface area (Å²) in [5.74, 6) is 0.941. The fourth-order valence-corrected chi connectivity index (χ4v) is 3.31. The summed E-state index contributed by atoms with van der Waals surface area (Å²) < 4.78 is 0. The van der Waals surface area contributed by atoms with E-state index in [0.717, 1.165) is 38.2 Å². The molecular weight excluding hydrogens is 401 g/mol. The molecule has 1 heterocycles. The third-order valence-electron chi connectivity index (χ3n) is 4.73. The van der Waals surface area contributed by atoms with Gasteiger partial charge in [-0.05, 0) is 52.6 Å². The van der Waals surface area contributed by atoms with Crippen LogP contribution in [0.5, 0.6) is 0 Å². The van der Waals surface area contributed by atoms with Crippen LogP contribution in [0.1, 0.15) is 46.0 Å². The molecule has 0 aromatic carbocycles. The molecule has 0 atom stereocenters. The van der Waals surface area contributed by atoms with Crippen molar-refractivity contribution in [2.24, 2.45) is 4.99 Å². The zero-order valence-electron chi connectivity index (χ0n) is 15.2. The van der Waals surface area contributed by atoms with Crippen molar-refractivity contribution < 1.29 is 0 Å². The van der Waals surface area contributed by atoms with Crippen molar-refractivity contribution in [2.75, 3.05) is 46.3 Å². The summed E-state index contributed by atoms with van der Waals surface area (Å²) in [7, 11) is 1.86. The van der Waals surface area contributed by atoms with Gasteiger partial charge in [0.15, 0.2) is 5.96 Å². The first-order valence-electron chi connectivity index (χ1n) is 9.13. The molecule has 2 N–H and O–H groups in total. The van der Waals surface area contributed by atoms with E-state index in [1.807, 2.05) is 7.05 Å². The Bertz CT molecular complexity index is 336. The molecule has 2 fully saturated rings. The lowest BCUT2D eigenvalue weighted by Crippen LogP contribution is -2.45. The molecule has 23 heavy (non-hydrogen) atoms. The highest BCUT2D eigenvalue weighted by atomic mass is 127. The second-order valence-electron chi connectivity index (χ2n) is 6.89. The fraction of sp³-hybridized carbons (Fsp3) is 0.941. The summed E-state index contributed by atoms with van der Waals surface area (Å²) in [6.45, 7) is 11.3. The zero-order valence-corrected chi connectivity index (χ0v) is 17.5. The number of aliphatic imine (C=N–C) groups is 1. The Labute approximate surface area is 159 Å². The predicted octanol–water partition coefficient (Wildman–Crippen LogP) is 2.13. The molecule has 5 nitrogen and oxygen atoms in total. The van der Waals surface area contributed by atoms with Gasteiger partial charge in [-0.1, -0.05) is 6.42 Å². The maximum absolute atomic E-state index is 4.33. The number of nitrogens with one attached hydrogen (secondary N) is 2. The van der Waals surface area contributed by atoms with Crippen molar-refractivity contribution in [3.05, 3.63) is 0 Å². The van der Waals surface area contributed by atoms with E-state index in [-0.39, 0.29) is 24.0 Å². The third-order valence-corrected chi connectivity index (χ3v) is 4.73. The molecule has 0 amide bonds. The molecule has 0 aromatic heterocycles. The highest BCUT2D eigenvalue weighted by Crippen LogP contribution is 2.27. The number of likely N-dealkylation sites (tertiary alicyclic amines) is 1. The number of hydrogen-bond acceptors (Lipinski definition) is 3. The molecule has 136 valence electrons. The molecule has 1 saturated carbocycles. The van der Waals surface area contributed by atoms with E-state index < -0.39 is 0 Å². The van der Waals surface area contributed by atoms with E-state index in [2.05, 4.69) is 39.3 Å². The van der Waals surface area contributed by atoms with Crippen LogP contribution < -0.4 is 10.6 Å². The molecule has 0 aromatic rings. The van der Waals surface area contributed by atoms with Gasteiger partial charge in [-0.15, -0.1) is 24.0 Å². The Morgan fingerprint density at radius 2 is 1.78 bits per heavy atom. The summed E-state index contributed by atoms with van der Waals surface area (Å²) in [6.07, 6.45) is 6.88. The summed E-state index contributed by atoms with van der Waals surface area (Å²) >= 11 is 0. The lowest BCUT2D eigenvalue weighted by Gasteiger charge is -2.27. The molecule has 2 rings (SSSR count). The minimum absolute atomic E-state index is 0. The zero-order chi connectivity index (χ0) is 15.8. The van der Waals surface area contributed by atoms with Crippen LogP contribution in [0, 0.1) is 0 Å². The first-order chi connectivity index (χ1) is 10.7. The lowest BCUT2D eigenvalue weighted by molar-refractivity contribution is 0.214. The van der Waals surface area contributed by atoms with Crippen molar-refractivity contribution in [3.63, 3.8) is 0 Å². The average Bonchev–Trinajstić information content (AvgIpc) is 3.35. The third kappa shape index (κ3) is 8.03. The minimum atomic E-state index is 0.